The van der Waals surface area contributed by atoms with Gasteiger partial charge >= 0.3 is 11.6 Å². The largest absolute Gasteiger partial charge is 0.466 e. The van der Waals surface area contributed by atoms with Gasteiger partial charge in [0.15, 0.2) is 6.20 Å². The highest BCUT2D eigenvalue weighted by Gasteiger charge is 2.56. The number of pyridine rings is 1. The van der Waals surface area contributed by atoms with E-state index in [0.29, 0.717) is 17.8 Å². The average Bonchev–Trinajstić information content (AvgIpc) is 3.48. The van der Waals surface area contributed by atoms with Crippen LogP contribution in [0.2, 0.25) is 0 Å². The molecule has 0 N–H and O–H groups in total. The van der Waals surface area contributed by atoms with Gasteiger partial charge in [0.05, 0.1) is 18.1 Å². The topological polar surface area (TPSA) is 60.4 Å². The number of hydrogen-bond donors (Lipinski definition) is 0. The predicted octanol–water partition coefficient (Wildman–Crippen LogP) is 3.83. The van der Waals surface area contributed by atoms with Crippen LogP contribution in [0.3, 0.4) is 0 Å². The monoisotopic (exact) mass is 426 g/mol. The Morgan fingerprint density at radius 1 is 1.28 bits per heavy atom. The summed E-state index contributed by atoms with van der Waals surface area (Å²) in [4.78, 5) is 25.1. The summed E-state index contributed by atoms with van der Waals surface area (Å²) in [7, 11) is 1.95. The van der Waals surface area contributed by atoms with Crippen LogP contribution < -0.4 is 10.2 Å². The number of fused-ring (bicyclic) bond motifs is 4. The van der Waals surface area contributed by atoms with E-state index in [1.54, 1.807) is 6.08 Å². The molecule has 2 aliphatic rings. The van der Waals surface area contributed by atoms with E-state index in [1.165, 1.54) is 0 Å². The highest BCUT2D eigenvalue weighted by atomic mass is 16.5. The van der Waals surface area contributed by atoms with Crippen molar-refractivity contribution in [2.24, 2.45) is 18.9 Å². The van der Waals surface area contributed by atoms with Crippen molar-refractivity contribution in [1.82, 2.24) is 0 Å². The molecule has 32 heavy (non-hydrogen) atoms. The number of aromatic nitrogens is 1. The zero-order chi connectivity index (χ0) is 22.2. The molecule has 0 saturated heterocycles. The highest BCUT2D eigenvalue weighted by Crippen LogP contribution is 2.58. The minimum Gasteiger partial charge on any atom is -0.466 e. The molecule has 5 rings (SSSR count). The van der Waals surface area contributed by atoms with Crippen LogP contribution >= 0.6 is 0 Å². The fraction of sp³-hybridized carbons (Fsp3) is 0.296. The van der Waals surface area contributed by atoms with E-state index in [2.05, 4.69) is 11.8 Å². The van der Waals surface area contributed by atoms with Crippen molar-refractivity contribution < 1.29 is 18.5 Å². The Balaban J connectivity index is 1.56. The smallest absolute Gasteiger partial charge is 0.343 e. The Kier molecular flexibility index (Phi) is 5.14. The zero-order valence-corrected chi connectivity index (χ0v) is 18.1. The molecule has 1 aromatic carbocycles. The molecule has 0 radical (unpaired) electrons. The minimum atomic E-state index is -0.389. The average molecular weight is 426 g/mol. The van der Waals surface area contributed by atoms with Gasteiger partial charge in [0.25, 0.3) is 0 Å². The van der Waals surface area contributed by atoms with Gasteiger partial charge in [0.1, 0.15) is 12.6 Å². The molecule has 160 valence electrons. The van der Waals surface area contributed by atoms with Crippen LogP contribution in [0.15, 0.2) is 51.8 Å². The van der Waals surface area contributed by atoms with Crippen molar-refractivity contribution in [2.75, 3.05) is 6.61 Å². The number of esters is 1. The third-order valence-electron chi connectivity index (χ3n) is 6.37. The van der Waals surface area contributed by atoms with E-state index >= 15 is 0 Å². The van der Waals surface area contributed by atoms with Crippen LogP contribution in [0.1, 0.15) is 48.1 Å². The summed E-state index contributed by atoms with van der Waals surface area (Å²) in [6, 6.07) is 11.6. The highest BCUT2D eigenvalue weighted by molar-refractivity contribution is 5.85. The van der Waals surface area contributed by atoms with Gasteiger partial charge in [-0.25, -0.2) is 9.36 Å². The summed E-state index contributed by atoms with van der Waals surface area (Å²) >= 11 is 0. The molecule has 5 nitrogen and oxygen atoms in total. The predicted molar refractivity (Wildman–Crippen MR) is 121 cm³/mol. The van der Waals surface area contributed by atoms with E-state index < -0.39 is 0 Å². The van der Waals surface area contributed by atoms with Crippen LogP contribution in [-0.4, -0.2) is 12.6 Å². The van der Waals surface area contributed by atoms with Crippen LogP contribution in [-0.2, 0) is 16.6 Å². The van der Waals surface area contributed by atoms with Gasteiger partial charge in [0, 0.05) is 41.5 Å². The first-order valence-electron chi connectivity index (χ1n) is 11.0. The van der Waals surface area contributed by atoms with Gasteiger partial charge in [-0.05, 0) is 55.2 Å². The molecule has 0 spiro atoms. The van der Waals surface area contributed by atoms with Crippen molar-refractivity contribution >= 4 is 29.1 Å². The number of aryl methyl sites for hydroxylation is 1. The van der Waals surface area contributed by atoms with E-state index in [9.17, 15) is 9.59 Å². The minimum absolute atomic E-state index is 0.109. The van der Waals surface area contributed by atoms with Gasteiger partial charge in [-0.3, -0.25) is 4.79 Å². The maximum absolute atomic E-state index is 12.6. The first-order chi connectivity index (χ1) is 15.6. The molecule has 0 bridgehead atoms. The maximum atomic E-state index is 12.6. The van der Waals surface area contributed by atoms with Crippen molar-refractivity contribution in [3.8, 4) is 11.8 Å². The summed E-state index contributed by atoms with van der Waals surface area (Å²) in [6.07, 6.45) is 7.26. The molecule has 1 saturated carbocycles. The van der Waals surface area contributed by atoms with Crippen molar-refractivity contribution in [1.29, 1.82) is 0 Å². The van der Waals surface area contributed by atoms with Crippen LogP contribution in [0.5, 0.6) is 0 Å². The Bertz CT molecular complexity index is 1370. The number of rotatable bonds is 4. The number of ether oxygens (including phenoxy) is 1. The molecule has 0 aliphatic heterocycles. The second-order valence-corrected chi connectivity index (χ2v) is 8.34. The van der Waals surface area contributed by atoms with Crippen molar-refractivity contribution in [3.05, 3.63) is 75.4 Å². The quantitative estimate of drug-likeness (QED) is 0.275. The molecule has 3 atom stereocenters. The second-order valence-electron chi connectivity index (χ2n) is 8.34. The number of nitrogens with zero attached hydrogens (tertiary/aromatic N) is 1. The SMILES string of the molecule is CCOC(=O)C1C2CCC#Cc3cc4oc(=O)c(C=Cc5cccc[n+]5C)cc4cc3C21. The van der Waals surface area contributed by atoms with Gasteiger partial charge in [-0.1, -0.05) is 11.8 Å². The lowest BCUT2D eigenvalue weighted by atomic mass is 9.96. The first-order valence-corrected chi connectivity index (χ1v) is 11.0. The third kappa shape index (κ3) is 3.62. The molecule has 0 amide bonds. The maximum Gasteiger partial charge on any atom is 0.343 e. The fourth-order valence-corrected chi connectivity index (χ4v) is 4.70. The molecule has 5 heteroatoms. The Morgan fingerprint density at radius 3 is 2.97 bits per heavy atom. The number of benzene rings is 1. The Morgan fingerprint density at radius 2 is 2.16 bits per heavy atom. The van der Waals surface area contributed by atoms with Gasteiger partial charge in [-0.2, -0.15) is 0 Å². The Labute approximate surface area is 186 Å². The van der Waals surface area contributed by atoms with E-state index in [1.807, 2.05) is 67.2 Å². The standard InChI is InChI=1S/C27H24NO4/c1-3-31-27(30)25-21-10-5-4-8-17-16-23-19(15-22(17)24(21)25)14-18(26(29)32-23)11-12-20-9-6-7-13-28(20)2/h6-7,9,11-16,21,24-25H,3,5,10H2,1-2H3/q+1. The molecule has 2 aromatic heterocycles. The van der Waals surface area contributed by atoms with Gasteiger partial charge in [0.2, 0.25) is 5.69 Å². The third-order valence-corrected chi connectivity index (χ3v) is 6.37. The molecule has 1 fully saturated rings. The van der Waals surface area contributed by atoms with Crippen molar-refractivity contribution in [2.45, 2.75) is 25.7 Å². The summed E-state index contributed by atoms with van der Waals surface area (Å²) in [6.45, 7) is 2.22. The molecule has 3 aromatic rings. The van der Waals surface area contributed by atoms with Crippen LogP contribution in [0.4, 0.5) is 0 Å². The molecule has 2 aliphatic carbocycles. The normalized spacial score (nSPS) is 21.1. The van der Waals surface area contributed by atoms with Gasteiger partial charge < -0.3 is 9.15 Å². The van der Waals surface area contributed by atoms with Crippen molar-refractivity contribution in [3.63, 3.8) is 0 Å². The summed E-state index contributed by atoms with van der Waals surface area (Å²) in [5, 5.41) is 0.830. The van der Waals surface area contributed by atoms with E-state index in [0.717, 1.165) is 35.0 Å². The number of carbonyl (C=O) groups is 1. The number of hydrogen-bond acceptors (Lipinski definition) is 4. The van der Waals surface area contributed by atoms with Crippen LogP contribution in [0, 0.1) is 23.7 Å². The number of carbonyl (C=O) groups excluding carboxylic acids is 1. The summed E-state index contributed by atoms with van der Waals surface area (Å²) in [5.74, 6) is 6.51. The Hall–Kier alpha value is -3.65. The molecular weight excluding hydrogens is 402 g/mol. The molecule has 2 heterocycles. The van der Waals surface area contributed by atoms with E-state index in [4.69, 9.17) is 9.15 Å². The first kappa shape index (κ1) is 20.3. The summed E-state index contributed by atoms with van der Waals surface area (Å²) < 4.78 is 12.9. The lowest BCUT2D eigenvalue weighted by Crippen LogP contribution is -2.30. The van der Waals surface area contributed by atoms with E-state index in [-0.39, 0.29) is 29.3 Å². The fourth-order valence-electron chi connectivity index (χ4n) is 4.70. The molecule has 3 unspecified atom stereocenters. The second kappa shape index (κ2) is 8.12. The van der Waals surface area contributed by atoms with Gasteiger partial charge in [-0.15, -0.1) is 0 Å². The lowest BCUT2D eigenvalue weighted by Gasteiger charge is -2.09. The molecular formula is C27H24NO4+. The van der Waals surface area contributed by atoms with Crippen LogP contribution in [0.25, 0.3) is 23.1 Å². The summed E-state index contributed by atoms with van der Waals surface area (Å²) in [5.41, 5.74) is 3.45. The zero-order valence-electron chi connectivity index (χ0n) is 18.1. The lowest BCUT2D eigenvalue weighted by molar-refractivity contribution is -0.673.